The number of hydrogen-bond acceptors (Lipinski definition) is 4. The number of fused-ring (bicyclic) bond motifs is 1. The maximum Gasteiger partial charge on any atom is 0.307 e. The molecule has 24 heavy (non-hydrogen) atoms. The summed E-state index contributed by atoms with van der Waals surface area (Å²) in [7, 11) is 1.65. The lowest BCUT2D eigenvalue weighted by Crippen LogP contribution is -2.25. The minimum absolute atomic E-state index is 0.110. The van der Waals surface area contributed by atoms with Crippen molar-refractivity contribution in [1.29, 1.82) is 0 Å². The molecule has 130 valence electrons. The molecule has 5 nitrogen and oxygen atoms in total. The van der Waals surface area contributed by atoms with Crippen LogP contribution in [-0.2, 0) is 11.3 Å². The molecule has 3 rings (SSSR count). The van der Waals surface area contributed by atoms with Gasteiger partial charge in [0.25, 0.3) is 0 Å². The first-order chi connectivity index (χ1) is 11.5. The zero-order chi connectivity index (χ0) is 17.3. The summed E-state index contributed by atoms with van der Waals surface area (Å²) < 4.78 is 11.2. The van der Waals surface area contributed by atoms with E-state index in [1.54, 1.807) is 7.11 Å². The van der Waals surface area contributed by atoms with Crippen LogP contribution in [0.4, 0.5) is 0 Å². The van der Waals surface area contributed by atoms with Gasteiger partial charge in [-0.1, -0.05) is 11.6 Å². The number of likely N-dealkylation sites (tertiary alicyclic amines) is 1. The number of benzene rings is 1. The Hall–Kier alpha value is -2.01. The summed E-state index contributed by atoms with van der Waals surface area (Å²) in [6.07, 6.45) is 2.03. The number of piperidine rings is 1. The van der Waals surface area contributed by atoms with Crippen LogP contribution in [0.2, 0.25) is 0 Å². The van der Waals surface area contributed by atoms with Crippen LogP contribution in [0.5, 0.6) is 11.5 Å². The lowest BCUT2D eigenvalue weighted by atomic mass is 10.1. The van der Waals surface area contributed by atoms with Crippen molar-refractivity contribution < 1.29 is 19.4 Å². The Bertz CT molecular complexity index is 639. The highest BCUT2D eigenvalue weighted by Crippen LogP contribution is 2.52. The standard InChI is InChI=1S/C19H25NO4/c1-12(2)6-7-24-16-5-4-13(8-17(16)23-3)9-20-10-14-15(11-20)18(14)19(21)22/h4-6,8,14-15,18H,7,9-11H2,1-3H3,(H,21,22)/t14-,15+,18?. The third kappa shape index (κ3) is 3.56. The van der Waals surface area contributed by atoms with Crippen LogP contribution in [-0.4, -0.2) is 42.8 Å². The van der Waals surface area contributed by atoms with Crippen LogP contribution < -0.4 is 9.47 Å². The topological polar surface area (TPSA) is 59.0 Å². The number of carboxylic acid groups (broad SMARTS) is 1. The molecule has 0 amide bonds. The van der Waals surface area contributed by atoms with E-state index in [0.717, 1.165) is 36.7 Å². The summed E-state index contributed by atoms with van der Waals surface area (Å²) in [5.74, 6) is 1.43. The maximum atomic E-state index is 11.0. The highest BCUT2D eigenvalue weighted by atomic mass is 16.5. The van der Waals surface area contributed by atoms with E-state index in [4.69, 9.17) is 14.6 Å². The minimum Gasteiger partial charge on any atom is -0.493 e. The van der Waals surface area contributed by atoms with E-state index in [1.807, 2.05) is 32.1 Å². The monoisotopic (exact) mass is 331 g/mol. The summed E-state index contributed by atoms with van der Waals surface area (Å²) in [6.45, 7) is 7.19. The highest BCUT2D eigenvalue weighted by Gasteiger charge is 2.59. The van der Waals surface area contributed by atoms with Crippen LogP contribution in [0.1, 0.15) is 19.4 Å². The van der Waals surface area contributed by atoms with Crippen molar-refractivity contribution >= 4 is 5.97 Å². The Kier molecular flexibility index (Phi) is 4.81. The number of carboxylic acids is 1. The van der Waals surface area contributed by atoms with Gasteiger partial charge >= 0.3 is 5.97 Å². The molecule has 1 unspecified atom stereocenters. The molecule has 2 fully saturated rings. The molecule has 1 heterocycles. The third-order valence-electron chi connectivity index (χ3n) is 4.92. The normalized spacial score (nSPS) is 25.0. The number of rotatable bonds is 7. The average molecular weight is 331 g/mol. The number of nitrogens with zero attached hydrogens (tertiary/aromatic N) is 1. The first-order valence-electron chi connectivity index (χ1n) is 8.38. The van der Waals surface area contributed by atoms with Crippen molar-refractivity contribution in [3.05, 3.63) is 35.4 Å². The Morgan fingerprint density at radius 3 is 2.58 bits per heavy atom. The molecule has 2 aliphatic rings. The molecule has 1 aromatic rings. The average Bonchev–Trinajstić information content (AvgIpc) is 3.05. The van der Waals surface area contributed by atoms with Crippen molar-refractivity contribution in [2.24, 2.45) is 17.8 Å². The Morgan fingerprint density at radius 2 is 2.00 bits per heavy atom. The number of hydrogen-bond donors (Lipinski definition) is 1. The van der Waals surface area contributed by atoms with E-state index in [1.165, 1.54) is 5.57 Å². The predicted octanol–water partition coefficient (Wildman–Crippen LogP) is 2.80. The first kappa shape index (κ1) is 16.8. The van der Waals surface area contributed by atoms with Crippen molar-refractivity contribution in [3.8, 4) is 11.5 Å². The molecule has 1 saturated heterocycles. The van der Waals surface area contributed by atoms with Crippen LogP contribution in [0.15, 0.2) is 29.8 Å². The van der Waals surface area contributed by atoms with Gasteiger partial charge in [-0.05, 0) is 49.5 Å². The molecule has 1 saturated carbocycles. The fraction of sp³-hybridized carbons (Fsp3) is 0.526. The molecule has 1 aliphatic heterocycles. The van der Waals surface area contributed by atoms with Crippen molar-refractivity contribution in [3.63, 3.8) is 0 Å². The molecule has 0 radical (unpaired) electrons. The molecule has 1 aromatic carbocycles. The number of allylic oxidation sites excluding steroid dienone is 1. The van der Waals surface area contributed by atoms with Gasteiger partial charge in [0.05, 0.1) is 13.0 Å². The Balaban J connectivity index is 1.57. The van der Waals surface area contributed by atoms with Crippen LogP contribution in [0.3, 0.4) is 0 Å². The third-order valence-corrected chi connectivity index (χ3v) is 4.92. The van der Waals surface area contributed by atoms with Gasteiger partial charge < -0.3 is 14.6 Å². The number of ether oxygens (including phenoxy) is 2. The second-order valence-electron chi connectivity index (χ2n) is 6.96. The van der Waals surface area contributed by atoms with Crippen molar-refractivity contribution in [2.45, 2.75) is 20.4 Å². The SMILES string of the molecule is COc1cc(CN2C[C@@H]3C(C(=O)O)[C@@H]3C2)ccc1OCC=C(C)C. The molecule has 0 spiro atoms. The Morgan fingerprint density at radius 1 is 1.29 bits per heavy atom. The smallest absolute Gasteiger partial charge is 0.307 e. The predicted molar refractivity (Wildman–Crippen MR) is 91.3 cm³/mol. The molecule has 1 aliphatic carbocycles. The van der Waals surface area contributed by atoms with Gasteiger partial charge in [-0.3, -0.25) is 9.69 Å². The van der Waals surface area contributed by atoms with Crippen molar-refractivity contribution in [2.75, 3.05) is 26.8 Å². The maximum absolute atomic E-state index is 11.0. The minimum atomic E-state index is -0.635. The zero-order valence-corrected chi connectivity index (χ0v) is 14.5. The molecule has 0 aromatic heterocycles. The van der Waals surface area contributed by atoms with E-state index in [2.05, 4.69) is 11.0 Å². The molecule has 3 atom stereocenters. The number of methoxy groups -OCH3 is 1. The van der Waals surface area contributed by atoms with E-state index >= 15 is 0 Å². The second kappa shape index (κ2) is 6.85. The number of carbonyl (C=O) groups is 1. The summed E-state index contributed by atoms with van der Waals surface area (Å²) in [5, 5.41) is 9.09. The molecular formula is C19H25NO4. The second-order valence-corrected chi connectivity index (χ2v) is 6.96. The fourth-order valence-corrected chi connectivity index (χ4v) is 3.60. The number of aliphatic carboxylic acids is 1. The lowest BCUT2D eigenvalue weighted by Gasteiger charge is -2.19. The van der Waals surface area contributed by atoms with Gasteiger partial charge in [0.2, 0.25) is 0 Å². The highest BCUT2D eigenvalue weighted by molar-refractivity contribution is 5.74. The van der Waals surface area contributed by atoms with Crippen LogP contribution in [0, 0.1) is 17.8 Å². The lowest BCUT2D eigenvalue weighted by molar-refractivity contribution is -0.139. The summed E-state index contributed by atoms with van der Waals surface area (Å²) in [6, 6.07) is 6.01. The van der Waals surface area contributed by atoms with Gasteiger partial charge in [-0.25, -0.2) is 0 Å². The van der Waals surface area contributed by atoms with Crippen LogP contribution in [0.25, 0.3) is 0 Å². The van der Waals surface area contributed by atoms with Gasteiger partial charge in [0.15, 0.2) is 11.5 Å². The van der Waals surface area contributed by atoms with Gasteiger partial charge in [0, 0.05) is 19.6 Å². The molecule has 5 heteroatoms. The molecule has 1 N–H and O–H groups in total. The quantitative estimate of drug-likeness (QED) is 0.779. The summed E-state index contributed by atoms with van der Waals surface area (Å²) >= 11 is 0. The van der Waals surface area contributed by atoms with E-state index in [-0.39, 0.29) is 5.92 Å². The summed E-state index contributed by atoms with van der Waals surface area (Å²) in [5.41, 5.74) is 2.38. The van der Waals surface area contributed by atoms with E-state index in [0.29, 0.717) is 18.4 Å². The molecule has 0 bridgehead atoms. The molecular weight excluding hydrogens is 306 g/mol. The van der Waals surface area contributed by atoms with Gasteiger partial charge in [-0.2, -0.15) is 0 Å². The Labute approximate surface area is 142 Å². The largest absolute Gasteiger partial charge is 0.493 e. The van der Waals surface area contributed by atoms with Gasteiger partial charge in [0.1, 0.15) is 6.61 Å². The van der Waals surface area contributed by atoms with E-state index < -0.39 is 5.97 Å². The van der Waals surface area contributed by atoms with Gasteiger partial charge in [-0.15, -0.1) is 0 Å². The summed E-state index contributed by atoms with van der Waals surface area (Å²) in [4.78, 5) is 13.4. The zero-order valence-electron chi connectivity index (χ0n) is 14.5. The fourth-order valence-electron chi connectivity index (χ4n) is 3.60. The van der Waals surface area contributed by atoms with Crippen molar-refractivity contribution in [1.82, 2.24) is 4.90 Å². The van der Waals surface area contributed by atoms with Crippen LogP contribution >= 0.6 is 0 Å². The first-order valence-corrected chi connectivity index (χ1v) is 8.38. The van der Waals surface area contributed by atoms with E-state index in [9.17, 15) is 4.79 Å².